The van der Waals surface area contributed by atoms with Crippen LogP contribution in [0.4, 0.5) is 4.79 Å². The number of rotatable bonds is 5. The van der Waals surface area contributed by atoms with Gasteiger partial charge in [-0.25, -0.2) is 9.59 Å². The molecule has 0 aliphatic carbocycles. The molecule has 0 fully saturated rings. The fraction of sp³-hybridized carbons (Fsp3) is 0.333. The number of urea groups is 1. The Bertz CT molecular complexity index is 615. The Morgan fingerprint density at radius 3 is 2.73 bits per heavy atom. The van der Waals surface area contributed by atoms with E-state index in [0.717, 1.165) is 0 Å². The number of esters is 1. The minimum atomic E-state index is -0.683. The molecule has 0 spiro atoms. The maximum atomic E-state index is 12.3. The maximum Gasteiger partial charge on any atom is 0.338 e. The Kier molecular flexibility index (Phi) is 5.27. The van der Waals surface area contributed by atoms with Gasteiger partial charge in [-0.15, -0.1) is 11.6 Å². The summed E-state index contributed by atoms with van der Waals surface area (Å²) in [7, 11) is 1.53. The van der Waals surface area contributed by atoms with E-state index in [1.165, 1.54) is 7.11 Å². The Morgan fingerprint density at radius 2 is 2.09 bits per heavy atom. The molecule has 0 aromatic heterocycles. The van der Waals surface area contributed by atoms with Crippen molar-refractivity contribution in [1.82, 2.24) is 10.6 Å². The van der Waals surface area contributed by atoms with E-state index in [0.29, 0.717) is 17.0 Å². The van der Waals surface area contributed by atoms with Gasteiger partial charge in [0.1, 0.15) is 5.75 Å². The number of carbonyl (C=O) groups excluding carboxylic acids is 2. The van der Waals surface area contributed by atoms with Gasteiger partial charge in [-0.3, -0.25) is 0 Å². The number of methoxy groups -OCH3 is 1. The molecule has 2 rings (SSSR count). The molecule has 0 saturated heterocycles. The number of hydrogen-bond donors (Lipinski definition) is 2. The number of alkyl halides is 1. The fourth-order valence-corrected chi connectivity index (χ4v) is 2.52. The highest BCUT2D eigenvalue weighted by Gasteiger charge is 2.34. The van der Waals surface area contributed by atoms with E-state index in [1.54, 1.807) is 31.2 Å². The number of carbonyl (C=O) groups is 2. The van der Waals surface area contributed by atoms with E-state index in [1.807, 2.05) is 0 Å². The molecule has 1 aliphatic rings. The van der Waals surface area contributed by atoms with Crippen LogP contribution in [0.2, 0.25) is 0 Å². The third-order valence-electron chi connectivity index (χ3n) is 3.23. The largest absolute Gasteiger partial charge is 0.496 e. The van der Waals surface area contributed by atoms with Crippen LogP contribution in [-0.4, -0.2) is 31.6 Å². The number of nitrogens with one attached hydrogen (secondary N) is 2. The van der Waals surface area contributed by atoms with Crippen molar-refractivity contribution < 1.29 is 19.1 Å². The molecule has 0 radical (unpaired) electrons. The van der Waals surface area contributed by atoms with Crippen molar-refractivity contribution in [3.63, 3.8) is 0 Å². The number of halogens is 1. The van der Waals surface area contributed by atoms with Gasteiger partial charge in [0.15, 0.2) is 0 Å². The number of para-hydroxylation sites is 1. The third-order valence-corrected chi connectivity index (χ3v) is 3.50. The summed E-state index contributed by atoms with van der Waals surface area (Å²) in [6.07, 6.45) is 0. The quantitative estimate of drug-likeness (QED) is 0.642. The summed E-state index contributed by atoms with van der Waals surface area (Å²) in [4.78, 5) is 24.1. The predicted octanol–water partition coefficient (Wildman–Crippen LogP) is 2.11. The van der Waals surface area contributed by atoms with E-state index in [9.17, 15) is 9.59 Å². The van der Waals surface area contributed by atoms with Crippen molar-refractivity contribution in [2.45, 2.75) is 13.0 Å². The van der Waals surface area contributed by atoms with Crippen molar-refractivity contribution in [2.24, 2.45) is 0 Å². The van der Waals surface area contributed by atoms with E-state index in [4.69, 9.17) is 21.1 Å². The Balaban J connectivity index is 2.54. The predicted molar refractivity (Wildman–Crippen MR) is 81.8 cm³/mol. The molecule has 6 nitrogen and oxygen atoms in total. The van der Waals surface area contributed by atoms with Gasteiger partial charge < -0.3 is 20.1 Å². The first kappa shape index (κ1) is 16.2. The van der Waals surface area contributed by atoms with Crippen LogP contribution in [0, 0.1) is 0 Å². The summed E-state index contributed by atoms with van der Waals surface area (Å²) in [6, 6.07) is 6.03. The van der Waals surface area contributed by atoms with Crippen LogP contribution in [0.3, 0.4) is 0 Å². The van der Waals surface area contributed by atoms with Crippen LogP contribution in [0.5, 0.6) is 5.75 Å². The minimum Gasteiger partial charge on any atom is -0.496 e. The Labute approximate surface area is 133 Å². The van der Waals surface area contributed by atoms with Crippen molar-refractivity contribution >= 4 is 23.6 Å². The molecule has 0 saturated carbocycles. The minimum absolute atomic E-state index is 0.00673. The lowest BCUT2D eigenvalue weighted by atomic mass is 9.95. The van der Waals surface area contributed by atoms with Gasteiger partial charge in [0.05, 0.1) is 31.2 Å². The lowest BCUT2D eigenvalue weighted by molar-refractivity contribution is -0.139. The van der Waals surface area contributed by atoms with Gasteiger partial charge in [0.25, 0.3) is 0 Å². The molecule has 2 amide bonds. The third kappa shape index (κ3) is 3.17. The second-order valence-electron chi connectivity index (χ2n) is 4.52. The fourth-order valence-electron chi connectivity index (χ4n) is 2.31. The molecule has 22 heavy (non-hydrogen) atoms. The summed E-state index contributed by atoms with van der Waals surface area (Å²) in [5, 5.41) is 5.26. The average Bonchev–Trinajstić information content (AvgIpc) is 2.53. The summed E-state index contributed by atoms with van der Waals surface area (Å²) in [6.45, 7) is 1.94. The topological polar surface area (TPSA) is 76.7 Å². The second-order valence-corrected chi connectivity index (χ2v) is 4.79. The normalized spacial score (nSPS) is 17.6. The molecule has 1 heterocycles. The van der Waals surface area contributed by atoms with Gasteiger partial charge in [-0.05, 0) is 13.0 Å². The molecule has 1 aromatic carbocycles. The average molecular weight is 325 g/mol. The zero-order valence-corrected chi connectivity index (χ0v) is 13.1. The lowest BCUT2D eigenvalue weighted by Gasteiger charge is -2.29. The molecular formula is C15H17ClN2O4. The number of ether oxygens (including phenoxy) is 2. The first-order valence-corrected chi connectivity index (χ1v) is 7.32. The van der Waals surface area contributed by atoms with Crippen molar-refractivity contribution in [1.29, 1.82) is 0 Å². The monoisotopic (exact) mass is 324 g/mol. The molecular weight excluding hydrogens is 308 g/mol. The molecule has 7 heteroatoms. The van der Waals surface area contributed by atoms with Gasteiger partial charge >= 0.3 is 12.0 Å². The van der Waals surface area contributed by atoms with E-state index in [2.05, 4.69) is 10.6 Å². The van der Waals surface area contributed by atoms with Gasteiger partial charge in [-0.1, -0.05) is 18.2 Å². The molecule has 1 atom stereocenters. The number of hydrogen-bond acceptors (Lipinski definition) is 4. The van der Waals surface area contributed by atoms with Crippen LogP contribution in [0.15, 0.2) is 35.5 Å². The lowest BCUT2D eigenvalue weighted by Crippen LogP contribution is -2.46. The van der Waals surface area contributed by atoms with E-state index >= 15 is 0 Å². The number of amides is 2. The van der Waals surface area contributed by atoms with Crippen LogP contribution in [0.25, 0.3) is 0 Å². The van der Waals surface area contributed by atoms with Crippen LogP contribution < -0.4 is 15.4 Å². The molecule has 0 unspecified atom stereocenters. The van der Waals surface area contributed by atoms with Crippen molar-refractivity contribution in [3.8, 4) is 5.75 Å². The van der Waals surface area contributed by atoms with E-state index < -0.39 is 18.0 Å². The molecule has 2 N–H and O–H groups in total. The Hall–Kier alpha value is -2.21. The summed E-state index contributed by atoms with van der Waals surface area (Å²) < 4.78 is 10.4. The van der Waals surface area contributed by atoms with Gasteiger partial charge in [0.2, 0.25) is 0 Å². The number of benzene rings is 1. The van der Waals surface area contributed by atoms with Gasteiger partial charge in [-0.2, -0.15) is 0 Å². The van der Waals surface area contributed by atoms with E-state index in [-0.39, 0.29) is 18.1 Å². The summed E-state index contributed by atoms with van der Waals surface area (Å²) in [5.74, 6) is 0.0275. The molecule has 118 valence electrons. The summed E-state index contributed by atoms with van der Waals surface area (Å²) >= 11 is 5.87. The summed E-state index contributed by atoms with van der Waals surface area (Å²) in [5.41, 5.74) is 1.27. The highest BCUT2D eigenvalue weighted by atomic mass is 35.5. The smallest absolute Gasteiger partial charge is 0.338 e. The molecule has 0 bridgehead atoms. The highest BCUT2D eigenvalue weighted by Crippen LogP contribution is 2.33. The van der Waals surface area contributed by atoms with Gasteiger partial charge in [0, 0.05) is 11.3 Å². The highest BCUT2D eigenvalue weighted by molar-refractivity contribution is 6.20. The standard InChI is InChI=1S/C15H17ClN2O4/c1-3-22-14(19)12-10(8-16)17-15(20)18-13(12)9-6-4-5-7-11(9)21-2/h4-7,13H,3,8H2,1-2H3,(H2,17,18,20)/t13-/m1/s1. The number of allylic oxidation sites excluding steroid dienone is 1. The zero-order valence-electron chi connectivity index (χ0n) is 12.3. The first-order valence-electron chi connectivity index (χ1n) is 6.78. The van der Waals surface area contributed by atoms with Crippen molar-refractivity contribution in [3.05, 3.63) is 41.1 Å². The van der Waals surface area contributed by atoms with Crippen LogP contribution in [0.1, 0.15) is 18.5 Å². The maximum absolute atomic E-state index is 12.3. The van der Waals surface area contributed by atoms with Crippen molar-refractivity contribution in [2.75, 3.05) is 19.6 Å². The molecule has 1 aromatic rings. The Morgan fingerprint density at radius 1 is 1.36 bits per heavy atom. The first-order chi connectivity index (χ1) is 10.6. The molecule has 1 aliphatic heterocycles. The van der Waals surface area contributed by atoms with Crippen LogP contribution >= 0.6 is 11.6 Å². The van der Waals surface area contributed by atoms with Crippen LogP contribution in [-0.2, 0) is 9.53 Å². The zero-order chi connectivity index (χ0) is 16.1. The SMILES string of the molecule is CCOC(=O)C1=C(CCl)NC(=O)N[C@@H]1c1ccccc1OC. The second kappa shape index (κ2) is 7.17.